The molecular formula is C8H11N3O. The molecule has 0 saturated carbocycles. The van der Waals surface area contributed by atoms with Gasteiger partial charge in [-0.2, -0.15) is 0 Å². The number of anilines is 1. The van der Waals surface area contributed by atoms with E-state index in [0.29, 0.717) is 6.54 Å². The molecular weight excluding hydrogens is 154 g/mol. The van der Waals surface area contributed by atoms with Crippen LogP contribution in [0.3, 0.4) is 0 Å². The summed E-state index contributed by atoms with van der Waals surface area (Å²) >= 11 is 0. The van der Waals surface area contributed by atoms with Gasteiger partial charge in [0.15, 0.2) is 0 Å². The molecule has 0 spiro atoms. The van der Waals surface area contributed by atoms with Crippen molar-refractivity contribution < 1.29 is 4.79 Å². The number of nitrogens with one attached hydrogen (secondary N) is 2. The van der Waals surface area contributed by atoms with E-state index < -0.39 is 0 Å². The standard InChI is InChI=1S/C8H11N3O/c1-9-8(12)6-11-7-2-4-10-5-3-7/h2-5H,6H2,1H3,(H,9,12)(H,10,11). The average Bonchev–Trinajstić information content (AvgIpc) is 2.16. The fourth-order valence-corrected chi connectivity index (χ4v) is 0.740. The first-order valence-corrected chi connectivity index (χ1v) is 3.67. The number of rotatable bonds is 3. The van der Waals surface area contributed by atoms with E-state index >= 15 is 0 Å². The van der Waals surface area contributed by atoms with Crippen LogP contribution in [-0.2, 0) is 4.79 Å². The van der Waals surface area contributed by atoms with E-state index in [0.717, 1.165) is 5.69 Å². The Morgan fingerprint density at radius 3 is 2.75 bits per heavy atom. The van der Waals surface area contributed by atoms with Gasteiger partial charge in [-0.25, -0.2) is 0 Å². The van der Waals surface area contributed by atoms with Crippen LogP contribution in [0.4, 0.5) is 5.69 Å². The van der Waals surface area contributed by atoms with Crippen LogP contribution in [0.15, 0.2) is 24.5 Å². The summed E-state index contributed by atoms with van der Waals surface area (Å²) < 4.78 is 0. The summed E-state index contributed by atoms with van der Waals surface area (Å²) in [6.07, 6.45) is 3.35. The van der Waals surface area contributed by atoms with Crippen molar-refractivity contribution in [3.05, 3.63) is 24.5 Å². The highest BCUT2D eigenvalue weighted by Gasteiger charge is 1.95. The molecule has 0 bridgehead atoms. The minimum Gasteiger partial charge on any atom is -0.376 e. The summed E-state index contributed by atoms with van der Waals surface area (Å²) in [5.74, 6) is -0.0354. The number of likely N-dealkylation sites (N-methyl/N-ethyl adjacent to an activating group) is 1. The molecule has 12 heavy (non-hydrogen) atoms. The summed E-state index contributed by atoms with van der Waals surface area (Å²) in [6.45, 7) is 0.292. The van der Waals surface area contributed by atoms with Crippen molar-refractivity contribution in [2.75, 3.05) is 18.9 Å². The van der Waals surface area contributed by atoms with Crippen LogP contribution in [0, 0.1) is 0 Å². The molecule has 0 radical (unpaired) electrons. The number of amides is 1. The number of aromatic nitrogens is 1. The van der Waals surface area contributed by atoms with Crippen molar-refractivity contribution in [3.8, 4) is 0 Å². The SMILES string of the molecule is CNC(=O)CNc1ccncc1. The van der Waals surface area contributed by atoms with Crippen molar-refractivity contribution in [1.29, 1.82) is 0 Å². The van der Waals surface area contributed by atoms with E-state index in [2.05, 4.69) is 15.6 Å². The Bertz CT molecular complexity index is 248. The van der Waals surface area contributed by atoms with Crippen molar-refractivity contribution in [1.82, 2.24) is 10.3 Å². The quantitative estimate of drug-likeness (QED) is 0.674. The molecule has 0 aliphatic carbocycles. The van der Waals surface area contributed by atoms with Gasteiger partial charge in [0, 0.05) is 25.1 Å². The summed E-state index contributed by atoms with van der Waals surface area (Å²) in [4.78, 5) is 14.6. The van der Waals surface area contributed by atoms with Crippen molar-refractivity contribution in [2.45, 2.75) is 0 Å². The lowest BCUT2D eigenvalue weighted by Crippen LogP contribution is -2.26. The van der Waals surface area contributed by atoms with E-state index in [9.17, 15) is 4.79 Å². The van der Waals surface area contributed by atoms with Crippen LogP contribution in [0.5, 0.6) is 0 Å². The lowest BCUT2D eigenvalue weighted by molar-refractivity contribution is -0.118. The van der Waals surface area contributed by atoms with Gasteiger partial charge in [0.1, 0.15) is 0 Å². The van der Waals surface area contributed by atoms with E-state index in [1.165, 1.54) is 0 Å². The molecule has 4 heteroatoms. The highest BCUT2D eigenvalue weighted by Crippen LogP contribution is 2.01. The third-order valence-electron chi connectivity index (χ3n) is 1.41. The summed E-state index contributed by atoms with van der Waals surface area (Å²) in [5, 5.41) is 5.46. The maximum Gasteiger partial charge on any atom is 0.239 e. The molecule has 1 heterocycles. The highest BCUT2D eigenvalue weighted by molar-refractivity contribution is 5.80. The van der Waals surface area contributed by atoms with Crippen LogP contribution in [-0.4, -0.2) is 24.5 Å². The van der Waals surface area contributed by atoms with E-state index in [1.54, 1.807) is 19.4 Å². The molecule has 0 aromatic carbocycles. The zero-order valence-electron chi connectivity index (χ0n) is 6.87. The molecule has 1 aromatic rings. The van der Waals surface area contributed by atoms with Crippen molar-refractivity contribution in [3.63, 3.8) is 0 Å². The molecule has 0 aliphatic heterocycles. The fraction of sp³-hybridized carbons (Fsp3) is 0.250. The van der Waals surface area contributed by atoms with E-state index in [-0.39, 0.29) is 5.91 Å². The number of pyridine rings is 1. The largest absolute Gasteiger partial charge is 0.376 e. The number of carbonyl (C=O) groups excluding carboxylic acids is 1. The van der Waals surface area contributed by atoms with Crippen LogP contribution in [0.1, 0.15) is 0 Å². The predicted molar refractivity (Wildman–Crippen MR) is 46.8 cm³/mol. The first-order chi connectivity index (χ1) is 5.83. The van der Waals surface area contributed by atoms with Gasteiger partial charge in [-0.15, -0.1) is 0 Å². The first kappa shape index (κ1) is 8.52. The number of hydrogen-bond acceptors (Lipinski definition) is 3. The van der Waals surface area contributed by atoms with E-state index in [1.807, 2.05) is 12.1 Å². The fourth-order valence-electron chi connectivity index (χ4n) is 0.740. The van der Waals surface area contributed by atoms with Crippen LogP contribution < -0.4 is 10.6 Å². The number of hydrogen-bond donors (Lipinski definition) is 2. The smallest absolute Gasteiger partial charge is 0.239 e. The Labute approximate surface area is 71.0 Å². The van der Waals surface area contributed by atoms with Gasteiger partial charge in [0.05, 0.1) is 6.54 Å². The van der Waals surface area contributed by atoms with Gasteiger partial charge in [0.25, 0.3) is 0 Å². The molecule has 4 nitrogen and oxygen atoms in total. The summed E-state index contributed by atoms with van der Waals surface area (Å²) in [6, 6.07) is 3.62. The topological polar surface area (TPSA) is 54.0 Å². The minimum atomic E-state index is -0.0354. The molecule has 0 fully saturated rings. The lowest BCUT2D eigenvalue weighted by atomic mass is 10.4. The van der Waals surface area contributed by atoms with Crippen molar-refractivity contribution >= 4 is 11.6 Å². The molecule has 1 rings (SSSR count). The molecule has 0 unspecified atom stereocenters. The van der Waals surface area contributed by atoms with Gasteiger partial charge in [-0.05, 0) is 12.1 Å². The third kappa shape index (κ3) is 2.57. The molecule has 1 aromatic heterocycles. The Morgan fingerprint density at radius 1 is 1.50 bits per heavy atom. The lowest BCUT2D eigenvalue weighted by Gasteiger charge is -2.03. The van der Waals surface area contributed by atoms with Gasteiger partial charge in [-0.1, -0.05) is 0 Å². The van der Waals surface area contributed by atoms with Gasteiger partial charge < -0.3 is 10.6 Å². The molecule has 2 N–H and O–H groups in total. The maximum absolute atomic E-state index is 10.8. The Balaban J connectivity index is 2.38. The number of nitrogens with zero attached hydrogens (tertiary/aromatic N) is 1. The average molecular weight is 165 g/mol. The zero-order chi connectivity index (χ0) is 8.81. The second-order valence-corrected chi connectivity index (χ2v) is 2.26. The van der Waals surface area contributed by atoms with Gasteiger partial charge in [-0.3, -0.25) is 9.78 Å². The molecule has 0 saturated heterocycles. The second kappa shape index (κ2) is 4.33. The Hall–Kier alpha value is -1.58. The van der Waals surface area contributed by atoms with Crippen molar-refractivity contribution in [2.24, 2.45) is 0 Å². The normalized spacial score (nSPS) is 9.08. The monoisotopic (exact) mass is 165 g/mol. The summed E-state index contributed by atoms with van der Waals surface area (Å²) in [7, 11) is 1.61. The van der Waals surface area contributed by atoms with E-state index in [4.69, 9.17) is 0 Å². The molecule has 64 valence electrons. The zero-order valence-corrected chi connectivity index (χ0v) is 6.87. The minimum absolute atomic E-state index is 0.0354. The first-order valence-electron chi connectivity index (χ1n) is 3.67. The third-order valence-corrected chi connectivity index (χ3v) is 1.41. The van der Waals surface area contributed by atoms with Crippen LogP contribution >= 0.6 is 0 Å². The highest BCUT2D eigenvalue weighted by atomic mass is 16.1. The van der Waals surface area contributed by atoms with Crippen LogP contribution in [0.25, 0.3) is 0 Å². The molecule has 1 amide bonds. The summed E-state index contributed by atoms with van der Waals surface area (Å²) in [5.41, 5.74) is 0.897. The van der Waals surface area contributed by atoms with Gasteiger partial charge >= 0.3 is 0 Å². The number of carbonyl (C=O) groups is 1. The maximum atomic E-state index is 10.8. The van der Waals surface area contributed by atoms with Crippen LogP contribution in [0.2, 0.25) is 0 Å². The van der Waals surface area contributed by atoms with Gasteiger partial charge in [0.2, 0.25) is 5.91 Å². The predicted octanol–water partition coefficient (Wildman–Crippen LogP) is 0.239. The second-order valence-electron chi connectivity index (χ2n) is 2.26. The molecule has 0 atom stereocenters. The Kier molecular flexibility index (Phi) is 3.07. The molecule has 0 aliphatic rings. The Morgan fingerprint density at radius 2 is 2.17 bits per heavy atom.